The first-order valence-electron chi connectivity index (χ1n) is 21.2. The minimum atomic E-state index is -0.939. The van der Waals surface area contributed by atoms with Crippen molar-refractivity contribution < 1.29 is 69.3 Å². The lowest BCUT2D eigenvalue weighted by molar-refractivity contribution is -0.684. The largest absolute Gasteiger partial charge is 1.00 e. The van der Waals surface area contributed by atoms with Gasteiger partial charge in [-0.3, -0.25) is 19.3 Å². The number of carbonyl (C=O) groups excluding carboxylic acids is 6. The minimum absolute atomic E-state index is 0. The molecule has 0 aliphatic carbocycles. The second-order valence-electron chi connectivity index (χ2n) is 17.7. The van der Waals surface area contributed by atoms with Crippen LogP contribution in [0.4, 0.5) is 15.3 Å². The summed E-state index contributed by atoms with van der Waals surface area (Å²) in [6.07, 6.45) is 3.21. The fraction of sp³-hybridized carbons (Fsp3) is 0.327. The molecule has 2 saturated heterocycles. The van der Waals surface area contributed by atoms with E-state index in [1.54, 1.807) is 93.7 Å². The quantitative estimate of drug-likeness (QED) is 0.0525. The topological polar surface area (TPSA) is 174 Å². The van der Waals surface area contributed by atoms with E-state index in [4.69, 9.17) is 18.9 Å². The van der Waals surface area contributed by atoms with E-state index in [2.05, 4.69) is 10.6 Å². The van der Waals surface area contributed by atoms with Crippen molar-refractivity contribution in [1.82, 2.24) is 15.1 Å². The van der Waals surface area contributed by atoms with E-state index in [0.29, 0.717) is 29.8 Å². The van der Waals surface area contributed by atoms with E-state index in [1.807, 2.05) is 66.7 Å². The molecule has 346 valence electrons. The molecule has 66 heavy (non-hydrogen) atoms. The van der Waals surface area contributed by atoms with Crippen molar-refractivity contribution in [3.63, 3.8) is 0 Å². The van der Waals surface area contributed by atoms with E-state index in [9.17, 15) is 28.8 Å². The number of anilines is 1. The van der Waals surface area contributed by atoms with Gasteiger partial charge in [-0.25, -0.2) is 14.4 Å². The van der Waals surface area contributed by atoms with Gasteiger partial charge in [-0.15, -0.1) is 11.8 Å². The number of allylic oxidation sites excluding steroid dienone is 1. The van der Waals surface area contributed by atoms with Crippen LogP contribution in [0.2, 0.25) is 0 Å². The number of aromatic nitrogens is 1. The lowest BCUT2D eigenvalue weighted by atomic mass is 10.00. The Labute approximate surface area is 398 Å². The molecule has 3 aromatic carbocycles. The molecule has 4 heterocycles. The summed E-state index contributed by atoms with van der Waals surface area (Å²) in [5, 5.41) is 4.87. The minimum Gasteiger partial charge on any atom is -1.00 e. The van der Waals surface area contributed by atoms with Crippen LogP contribution in [-0.4, -0.2) is 80.7 Å². The van der Waals surface area contributed by atoms with Gasteiger partial charge in [0.25, 0.3) is 11.8 Å². The summed E-state index contributed by atoms with van der Waals surface area (Å²) in [5.41, 5.74) is 2.09. The number of benzene rings is 3. The predicted octanol–water partition coefficient (Wildman–Crippen LogP) is 3.98. The summed E-state index contributed by atoms with van der Waals surface area (Å²) in [6, 6.07) is 27.7. The zero-order chi connectivity index (χ0) is 46.5. The maximum absolute atomic E-state index is 14.5. The highest BCUT2D eigenvalue weighted by molar-refractivity contribution is 8.00. The number of fused-ring (bicyclic) bond motifs is 1. The van der Waals surface area contributed by atoms with Gasteiger partial charge in [0.2, 0.25) is 12.5 Å². The maximum atomic E-state index is 14.5. The van der Waals surface area contributed by atoms with Crippen LogP contribution in [0.5, 0.6) is 5.75 Å². The van der Waals surface area contributed by atoms with Gasteiger partial charge in [0.15, 0.2) is 18.5 Å². The molecule has 4 amide bonds. The van der Waals surface area contributed by atoms with Gasteiger partial charge in [-0.2, -0.15) is 4.57 Å². The van der Waals surface area contributed by atoms with Crippen LogP contribution in [0, 0.1) is 0 Å². The molecule has 0 saturated carbocycles. The third-order valence-electron chi connectivity index (χ3n) is 10.2. The molecule has 0 spiro atoms. The van der Waals surface area contributed by atoms with Crippen LogP contribution >= 0.6 is 11.8 Å². The maximum Gasteiger partial charge on any atom is 0.514 e. The van der Waals surface area contributed by atoms with Crippen LogP contribution in [0.3, 0.4) is 0 Å². The van der Waals surface area contributed by atoms with Gasteiger partial charge in [0.05, 0.1) is 6.54 Å². The molecule has 0 bridgehead atoms. The Balaban J connectivity index is 0.00000720. The van der Waals surface area contributed by atoms with Crippen molar-refractivity contribution in [3.05, 3.63) is 149 Å². The van der Waals surface area contributed by atoms with Gasteiger partial charge < -0.3 is 51.5 Å². The lowest BCUT2D eigenvalue weighted by Gasteiger charge is -2.49. The first-order chi connectivity index (χ1) is 30.9. The van der Waals surface area contributed by atoms with Crippen LogP contribution in [0.25, 0.3) is 0 Å². The average Bonchev–Trinajstić information content (AvgIpc) is 3.58. The standard InChI is InChI=1S/C49H51N5O10S.BrH/c1-48(2,3)63-46(59)51-39-43(57)54-40(45(58)62-41(32-16-9-7-10-17-32)33-18-11-8-12-19-33)35(30-65-44(39)54)25-34-22-24-53(42(34)56)28-31-15-14-23-52(27-31)29-38(55)50-36-20-13-21-37(26-36)61-47(60)64-49(4,5)6;/h7-21,23,25-27,39,41,44H,22,24,28-30H2,1-6H3,(H-,50,51,55,59);1H. The van der Waals surface area contributed by atoms with Crippen molar-refractivity contribution in [2.24, 2.45) is 0 Å². The van der Waals surface area contributed by atoms with Crippen LogP contribution in [-0.2, 0) is 46.5 Å². The van der Waals surface area contributed by atoms with E-state index >= 15 is 0 Å². The third-order valence-corrected chi connectivity index (χ3v) is 11.5. The fourth-order valence-corrected chi connectivity index (χ4v) is 8.75. The van der Waals surface area contributed by atoms with E-state index < -0.39 is 52.8 Å². The molecule has 4 aromatic rings. The predicted molar refractivity (Wildman–Crippen MR) is 241 cm³/mol. The number of alkyl carbamates (subject to hydrolysis) is 1. The molecule has 1 aromatic heterocycles. The number of amides is 4. The Hall–Kier alpha value is -6.46. The van der Waals surface area contributed by atoms with Crippen LogP contribution in [0.1, 0.15) is 70.8 Å². The summed E-state index contributed by atoms with van der Waals surface area (Å²) in [4.78, 5) is 83.4. The molecule has 0 radical (unpaired) electrons. The summed E-state index contributed by atoms with van der Waals surface area (Å²) in [5.74, 6) is -1.34. The molecular formula is C49H52BrN5O10S. The van der Waals surface area contributed by atoms with E-state index in [1.165, 1.54) is 22.7 Å². The number of carbonyl (C=O) groups is 6. The number of halogens is 1. The van der Waals surface area contributed by atoms with Crippen LogP contribution < -0.4 is 36.9 Å². The first-order valence-corrected chi connectivity index (χ1v) is 22.2. The highest BCUT2D eigenvalue weighted by atomic mass is 79.9. The number of hydrogen-bond donors (Lipinski definition) is 2. The van der Waals surface area contributed by atoms with Gasteiger partial charge in [0.1, 0.15) is 34.1 Å². The molecule has 15 nitrogen and oxygen atoms in total. The molecule has 3 aliphatic rings. The zero-order valence-corrected chi connectivity index (χ0v) is 39.9. The van der Waals surface area contributed by atoms with Gasteiger partial charge in [-0.1, -0.05) is 66.7 Å². The zero-order valence-electron chi connectivity index (χ0n) is 37.4. The number of rotatable bonds is 12. The molecule has 2 unspecified atom stereocenters. The Morgan fingerprint density at radius 2 is 1.53 bits per heavy atom. The van der Waals surface area contributed by atoms with E-state index in [0.717, 1.165) is 16.7 Å². The molecule has 7 rings (SSSR count). The van der Waals surface area contributed by atoms with E-state index in [-0.39, 0.29) is 59.1 Å². The number of β-lactam (4-membered cyclic amide) rings is 1. The Morgan fingerprint density at radius 1 is 0.864 bits per heavy atom. The highest BCUT2D eigenvalue weighted by Crippen LogP contribution is 2.43. The molecular weight excluding hydrogens is 931 g/mol. The van der Waals surface area contributed by atoms with Crippen molar-refractivity contribution in [1.29, 1.82) is 0 Å². The Morgan fingerprint density at radius 3 is 2.18 bits per heavy atom. The number of nitrogens with zero attached hydrogens (tertiary/aromatic N) is 3. The summed E-state index contributed by atoms with van der Waals surface area (Å²) in [7, 11) is 0. The van der Waals surface area contributed by atoms with Crippen molar-refractivity contribution in [2.75, 3.05) is 17.6 Å². The van der Waals surface area contributed by atoms with Crippen molar-refractivity contribution >= 4 is 53.4 Å². The molecule has 2 atom stereocenters. The first kappa shape index (κ1) is 49.0. The van der Waals surface area contributed by atoms with Crippen LogP contribution in [0.15, 0.2) is 132 Å². The highest BCUT2D eigenvalue weighted by Gasteiger charge is 2.55. The Bertz CT molecular complexity index is 2500. The molecule has 17 heteroatoms. The molecule has 3 aliphatic heterocycles. The number of pyridine rings is 1. The molecule has 2 fully saturated rings. The van der Waals surface area contributed by atoms with Gasteiger partial charge >= 0.3 is 18.2 Å². The second kappa shape index (κ2) is 20.8. The fourth-order valence-electron chi connectivity index (χ4n) is 7.45. The number of hydrogen-bond acceptors (Lipinski definition) is 11. The van der Waals surface area contributed by atoms with Gasteiger partial charge in [0, 0.05) is 41.3 Å². The summed E-state index contributed by atoms with van der Waals surface area (Å²) in [6.45, 7) is 11.0. The summed E-state index contributed by atoms with van der Waals surface area (Å²) >= 11 is 1.36. The lowest BCUT2D eigenvalue weighted by Crippen LogP contribution is -3.00. The second-order valence-corrected chi connectivity index (χ2v) is 18.8. The summed E-state index contributed by atoms with van der Waals surface area (Å²) < 4.78 is 23.9. The monoisotopic (exact) mass is 981 g/mol. The van der Waals surface area contributed by atoms with Gasteiger partial charge in [-0.05, 0) is 88.9 Å². The SMILES string of the molecule is CC(C)(C)OC(=O)NC1C(=O)N2C(C(=O)OC(c3ccccc3)c3ccccc3)=C(C=C3CCN(Cc4ccc[n+](CC(=O)Nc5cccc(OC(=O)OC(C)(C)C)c5)c4)C3=O)CSC12.[Br-]. The van der Waals surface area contributed by atoms with Crippen molar-refractivity contribution in [3.8, 4) is 5.75 Å². The number of likely N-dealkylation sites (tertiary alicyclic amines) is 1. The molecule has 2 N–H and O–H groups in total. The number of nitrogens with one attached hydrogen (secondary N) is 2. The smallest absolute Gasteiger partial charge is 0.514 e. The number of esters is 1. The average molecular weight is 983 g/mol. The third kappa shape index (κ3) is 12.5. The van der Waals surface area contributed by atoms with Crippen molar-refractivity contribution in [2.45, 2.75) is 89.8 Å². The number of thioether (sulfide) groups is 1. The normalized spacial score (nSPS) is 17.7. The Kier molecular flexibility index (Phi) is 15.4. The number of ether oxygens (including phenoxy) is 4.